The van der Waals surface area contributed by atoms with Gasteiger partial charge in [0.15, 0.2) is 0 Å². The third-order valence-electron chi connectivity index (χ3n) is 4.35. The van der Waals surface area contributed by atoms with Crippen LogP contribution in [0.3, 0.4) is 0 Å². The molecular formula is C21H18ClN3. The smallest absolute Gasteiger partial charge is 0.142 e. The van der Waals surface area contributed by atoms with E-state index in [1.807, 2.05) is 43.3 Å². The molecule has 0 aliphatic rings. The Morgan fingerprint density at radius 1 is 1.04 bits per heavy atom. The van der Waals surface area contributed by atoms with Crippen LogP contribution < -0.4 is 5.73 Å². The standard InChI is InChI=1S/C21H18ClN3/c1-3-14-4-6-15(7-5-14)19-13(2)20(25-21(24)18(19)12-23)16-8-10-17(22)11-9-16/h4-11H,3H2,1-2H3,(H2,24,25). The average molecular weight is 348 g/mol. The molecule has 2 N–H and O–H groups in total. The minimum atomic E-state index is 0.243. The van der Waals surface area contributed by atoms with Crippen LogP contribution in [0.2, 0.25) is 5.02 Å². The Morgan fingerprint density at radius 3 is 2.20 bits per heavy atom. The minimum absolute atomic E-state index is 0.243. The number of benzene rings is 2. The molecule has 3 nitrogen and oxygen atoms in total. The fourth-order valence-corrected chi connectivity index (χ4v) is 3.09. The van der Waals surface area contributed by atoms with Crippen molar-refractivity contribution >= 4 is 17.4 Å². The molecule has 1 heterocycles. The summed E-state index contributed by atoms with van der Waals surface area (Å²) in [7, 11) is 0. The topological polar surface area (TPSA) is 62.7 Å². The summed E-state index contributed by atoms with van der Waals surface area (Å²) >= 11 is 5.99. The number of nitrogens with zero attached hydrogens (tertiary/aromatic N) is 2. The first kappa shape index (κ1) is 17.0. The van der Waals surface area contributed by atoms with Crippen molar-refractivity contribution in [3.63, 3.8) is 0 Å². The van der Waals surface area contributed by atoms with E-state index in [1.54, 1.807) is 0 Å². The largest absolute Gasteiger partial charge is 0.383 e. The van der Waals surface area contributed by atoms with Gasteiger partial charge >= 0.3 is 0 Å². The summed E-state index contributed by atoms with van der Waals surface area (Å²) in [5.41, 5.74) is 12.2. The number of nitrogen functional groups attached to an aromatic ring is 1. The zero-order valence-corrected chi connectivity index (χ0v) is 14.9. The zero-order valence-electron chi connectivity index (χ0n) is 14.2. The summed E-state index contributed by atoms with van der Waals surface area (Å²) in [6.45, 7) is 4.09. The fraction of sp³-hybridized carbons (Fsp3) is 0.143. The molecule has 0 bridgehead atoms. The van der Waals surface area contributed by atoms with Crippen LogP contribution in [0.5, 0.6) is 0 Å². The third kappa shape index (κ3) is 3.22. The SMILES string of the molecule is CCc1ccc(-c2c(C)c(-c3ccc(Cl)cc3)nc(N)c2C#N)cc1. The Bertz CT molecular complexity index is 952. The Balaban J connectivity index is 2.25. The van der Waals surface area contributed by atoms with Crippen molar-refractivity contribution < 1.29 is 0 Å². The number of nitriles is 1. The van der Waals surface area contributed by atoms with Crippen molar-refractivity contribution in [3.05, 3.63) is 70.2 Å². The first-order chi connectivity index (χ1) is 12.0. The first-order valence-electron chi connectivity index (χ1n) is 8.10. The minimum Gasteiger partial charge on any atom is -0.383 e. The van der Waals surface area contributed by atoms with E-state index < -0.39 is 0 Å². The van der Waals surface area contributed by atoms with Crippen LogP contribution in [0.1, 0.15) is 23.6 Å². The molecule has 25 heavy (non-hydrogen) atoms. The molecule has 0 aliphatic carbocycles. The predicted molar refractivity (Wildman–Crippen MR) is 103 cm³/mol. The molecule has 0 saturated carbocycles. The number of aromatic nitrogens is 1. The van der Waals surface area contributed by atoms with Crippen molar-refractivity contribution in [3.8, 4) is 28.5 Å². The van der Waals surface area contributed by atoms with E-state index >= 15 is 0 Å². The number of hydrogen-bond acceptors (Lipinski definition) is 3. The van der Waals surface area contributed by atoms with Crippen LogP contribution in [-0.2, 0) is 6.42 Å². The summed E-state index contributed by atoms with van der Waals surface area (Å²) in [4.78, 5) is 4.48. The molecule has 0 radical (unpaired) electrons. The Kier molecular flexibility index (Phi) is 4.74. The van der Waals surface area contributed by atoms with E-state index in [9.17, 15) is 5.26 Å². The van der Waals surface area contributed by atoms with Gasteiger partial charge in [0.2, 0.25) is 0 Å². The Hall–Kier alpha value is -2.83. The van der Waals surface area contributed by atoms with E-state index in [-0.39, 0.29) is 5.82 Å². The lowest BCUT2D eigenvalue weighted by atomic mass is 9.92. The number of pyridine rings is 1. The number of halogens is 1. The lowest BCUT2D eigenvalue weighted by Crippen LogP contribution is -2.03. The second kappa shape index (κ2) is 6.96. The van der Waals surface area contributed by atoms with Gasteiger partial charge in [-0.15, -0.1) is 0 Å². The van der Waals surface area contributed by atoms with Crippen LogP contribution in [-0.4, -0.2) is 4.98 Å². The molecule has 1 aromatic heterocycles. The highest BCUT2D eigenvalue weighted by molar-refractivity contribution is 6.30. The van der Waals surface area contributed by atoms with E-state index in [2.05, 4.69) is 30.1 Å². The fourth-order valence-electron chi connectivity index (χ4n) is 2.96. The second-order valence-electron chi connectivity index (χ2n) is 5.89. The van der Waals surface area contributed by atoms with E-state index in [0.29, 0.717) is 10.6 Å². The molecule has 0 saturated heterocycles. The number of hydrogen-bond donors (Lipinski definition) is 1. The highest BCUT2D eigenvalue weighted by Crippen LogP contribution is 2.36. The quantitative estimate of drug-likeness (QED) is 0.690. The summed E-state index contributed by atoms with van der Waals surface area (Å²) in [6, 6.07) is 17.9. The predicted octanol–water partition coefficient (Wildman–Crippen LogP) is 5.39. The maximum atomic E-state index is 9.60. The number of aryl methyl sites for hydroxylation is 1. The lowest BCUT2D eigenvalue weighted by Gasteiger charge is -2.15. The Morgan fingerprint density at radius 2 is 1.64 bits per heavy atom. The van der Waals surface area contributed by atoms with Crippen LogP contribution in [0.4, 0.5) is 5.82 Å². The third-order valence-corrected chi connectivity index (χ3v) is 4.60. The van der Waals surface area contributed by atoms with Crippen LogP contribution in [0, 0.1) is 18.3 Å². The van der Waals surface area contributed by atoms with Crippen molar-refractivity contribution in [1.82, 2.24) is 4.98 Å². The molecule has 0 fully saturated rings. The highest BCUT2D eigenvalue weighted by Gasteiger charge is 2.18. The van der Waals surface area contributed by atoms with Crippen LogP contribution in [0.25, 0.3) is 22.4 Å². The van der Waals surface area contributed by atoms with Crippen molar-refractivity contribution in [2.75, 3.05) is 5.73 Å². The van der Waals surface area contributed by atoms with Gasteiger partial charge in [-0.2, -0.15) is 5.26 Å². The normalized spacial score (nSPS) is 10.5. The molecular weight excluding hydrogens is 330 g/mol. The number of anilines is 1. The van der Waals surface area contributed by atoms with Gasteiger partial charge in [0.05, 0.1) is 5.69 Å². The van der Waals surface area contributed by atoms with E-state index in [0.717, 1.165) is 34.4 Å². The summed E-state index contributed by atoms with van der Waals surface area (Å²) in [6.07, 6.45) is 0.971. The monoisotopic (exact) mass is 347 g/mol. The molecule has 3 aromatic rings. The van der Waals surface area contributed by atoms with Gasteiger partial charge in [-0.3, -0.25) is 0 Å². The molecule has 2 aromatic carbocycles. The van der Waals surface area contributed by atoms with Crippen molar-refractivity contribution in [2.45, 2.75) is 20.3 Å². The molecule has 0 unspecified atom stereocenters. The Labute approximate surface area is 152 Å². The lowest BCUT2D eigenvalue weighted by molar-refractivity contribution is 1.14. The maximum Gasteiger partial charge on any atom is 0.142 e. The maximum absolute atomic E-state index is 9.60. The first-order valence-corrected chi connectivity index (χ1v) is 8.48. The molecule has 0 spiro atoms. The van der Waals surface area contributed by atoms with Gasteiger partial charge < -0.3 is 5.73 Å². The van der Waals surface area contributed by atoms with E-state index in [1.165, 1.54) is 5.56 Å². The van der Waals surface area contributed by atoms with Gasteiger partial charge in [-0.05, 0) is 42.2 Å². The molecule has 4 heteroatoms. The molecule has 0 amide bonds. The summed E-state index contributed by atoms with van der Waals surface area (Å²) in [5, 5.41) is 10.3. The molecule has 3 rings (SSSR count). The zero-order chi connectivity index (χ0) is 18.0. The van der Waals surface area contributed by atoms with Gasteiger partial charge in [-0.1, -0.05) is 54.9 Å². The van der Waals surface area contributed by atoms with E-state index in [4.69, 9.17) is 17.3 Å². The second-order valence-corrected chi connectivity index (χ2v) is 6.33. The average Bonchev–Trinajstić information content (AvgIpc) is 2.64. The summed E-state index contributed by atoms with van der Waals surface area (Å²) in [5.74, 6) is 0.243. The number of nitrogens with two attached hydrogens (primary N) is 1. The number of rotatable bonds is 3. The van der Waals surface area contributed by atoms with Gasteiger partial charge in [0, 0.05) is 16.1 Å². The molecule has 0 atom stereocenters. The highest BCUT2D eigenvalue weighted by atomic mass is 35.5. The van der Waals surface area contributed by atoms with Crippen LogP contribution >= 0.6 is 11.6 Å². The summed E-state index contributed by atoms with van der Waals surface area (Å²) < 4.78 is 0. The van der Waals surface area contributed by atoms with Gasteiger partial charge in [0.25, 0.3) is 0 Å². The van der Waals surface area contributed by atoms with Crippen molar-refractivity contribution in [2.24, 2.45) is 0 Å². The van der Waals surface area contributed by atoms with Gasteiger partial charge in [0.1, 0.15) is 17.5 Å². The van der Waals surface area contributed by atoms with Crippen molar-refractivity contribution in [1.29, 1.82) is 5.26 Å². The van der Waals surface area contributed by atoms with Crippen LogP contribution in [0.15, 0.2) is 48.5 Å². The van der Waals surface area contributed by atoms with Gasteiger partial charge in [-0.25, -0.2) is 4.98 Å². The molecule has 124 valence electrons. The molecule has 0 aliphatic heterocycles.